The van der Waals surface area contributed by atoms with Gasteiger partial charge in [0.25, 0.3) is 0 Å². The predicted molar refractivity (Wildman–Crippen MR) is 90.0 cm³/mol. The van der Waals surface area contributed by atoms with Crippen molar-refractivity contribution in [2.24, 2.45) is 0 Å². The molecule has 0 unspecified atom stereocenters. The lowest BCUT2D eigenvalue weighted by atomic mass is 10.2. The highest BCUT2D eigenvalue weighted by atomic mass is 19.3. The van der Waals surface area contributed by atoms with Crippen LogP contribution < -0.4 is 20.1 Å². The topological polar surface area (TPSA) is 59.6 Å². The molecule has 2 amide bonds. The minimum absolute atomic E-state index is 0.0567. The molecule has 2 rings (SSSR count). The first-order valence-corrected chi connectivity index (χ1v) is 7.78. The van der Waals surface area contributed by atoms with Crippen LogP contribution in [0.3, 0.4) is 0 Å². The van der Waals surface area contributed by atoms with Gasteiger partial charge < -0.3 is 20.1 Å². The van der Waals surface area contributed by atoms with Crippen molar-refractivity contribution in [3.05, 3.63) is 59.7 Å². The Balaban J connectivity index is 1.66. The molecule has 0 aliphatic carbocycles. The van der Waals surface area contributed by atoms with Gasteiger partial charge in [-0.05, 0) is 36.8 Å². The van der Waals surface area contributed by atoms with E-state index in [1.807, 2.05) is 31.2 Å². The molecule has 2 aromatic carbocycles. The monoisotopic (exact) mass is 350 g/mol. The Bertz CT molecular complexity index is 678. The number of ether oxygens (including phenoxy) is 2. The first-order chi connectivity index (χ1) is 12.0. The third-order valence-electron chi connectivity index (χ3n) is 3.25. The summed E-state index contributed by atoms with van der Waals surface area (Å²) in [7, 11) is 0. The smallest absolute Gasteiger partial charge is 0.387 e. The Morgan fingerprint density at radius 3 is 2.56 bits per heavy atom. The maximum absolute atomic E-state index is 12.2. The average Bonchev–Trinajstić information content (AvgIpc) is 2.58. The molecular formula is C18H20F2N2O3. The van der Waals surface area contributed by atoms with Crippen LogP contribution in [0.15, 0.2) is 48.5 Å². The molecule has 25 heavy (non-hydrogen) atoms. The molecule has 2 N–H and O–H groups in total. The predicted octanol–water partition coefficient (Wildman–Crippen LogP) is 3.47. The van der Waals surface area contributed by atoms with E-state index in [-0.39, 0.29) is 18.3 Å². The van der Waals surface area contributed by atoms with Crippen molar-refractivity contribution in [2.75, 3.05) is 13.2 Å². The molecule has 0 aliphatic rings. The largest absolute Gasteiger partial charge is 0.492 e. The van der Waals surface area contributed by atoms with Crippen molar-refractivity contribution in [2.45, 2.75) is 20.1 Å². The quantitative estimate of drug-likeness (QED) is 0.717. The SMILES string of the molecule is Cc1ccc(OCCNC(=O)NCc2cccc(OC(F)F)c2)cc1. The van der Waals surface area contributed by atoms with Crippen LogP contribution in [0.5, 0.6) is 11.5 Å². The summed E-state index contributed by atoms with van der Waals surface area (Å²) in [5, 5.41) is 5.29. The van der Waals surface area contributed by atoms with Gasteiger partial charge in [0.05, 0.1) is 6.54 Å². The van der Waals surface area contributed by atoms with Crippen LogP contribution in [-0.2, 0) is 6.54 Å². The third kappa shape index (κ3) is 7.07. The second kappa shape index (κ2) is 9.46. The molecule has 134 valence electrons. The van der Waals surface area contributed by atoms with Crippen molar-refractivity contribution in [1.29, 1.82) is 0 Å². The van der Waals surface area contributed by atoms with Gasteiger partial charge in [-0.15, -0.1) is 0 Å². The number of hydrogen-bond acceptors (Lipinski definition) is 3. The fourth-order valence-corrected chi connectivity index (χ4v) is 2.04. The van der Waals surface area contributed by atoms with Crippen LogP contribution in [-0.4, -0.2) is 25.8 Å². The van der Waals surface area contributed by atoms with Crippen molar-refractivity contribution < 1.29 is 23.0 Å². The van der Waals surface area contributed by atoms with Gasteiger partial charge in [-0.2, -0.15) is 8.78 Å². The zero-order chi connectivity index (χ0) is 18.1. The van der Waals surface area contributed by atoms with E-state index in [9.17, 15) is 13.6 Å². The second-order valence-corrected chi connectivity index (χ2v) is 5.30. The molecule has 7 heteroatoms. The van der Waals surface area contributed by atoms with Gasteiger partial charge in [-0.25, -0.2) is 4.79 Å². The van der Waals surface area contributed by atoms with Gasteiger partial charge in [0, 0.05) is 6.54 Å². The molecule has 0 bridgehead atoms. The molecule has 0 aliphatic heterocycles. The standard InChI is InChI=1S/C18H20F2N2O3/c1-13-5-7-15(8-6-13)24-10-9-21-18(23)22-12-14-3-2-4-16(11-14)25-17(19)20/h2-8,11,17H,9-10,12H2,1H3,(H2,21,22,23). The maximum atomic E-state index is 12.2. The maximum Gasteiger partial charge on any atom is 0.387 e. The summed E-state index contributed by atoms with van der Waals surface area (Å²) in [4.78, 5) is 11.7. The number of nitrogens with one attached hydrogen (secondary N) is 2. The molecule has 0 saturated carbocycles. The zero-order valence-electron chi connectivity index (χ0n) is 13.8. The Labute approximate surface area is 144 Å². The Morgan fingerprint density at radius 1 is 1.08 bits per heavy atom. The molecule has 0 atom stereocenters. The van der Waals surface area contributed by atoms with E-state index < -0.39 is 6.61 Å². The molecule has 0 heterocycles. The molecule has 0 fully saturated rings. The van der Waals surface area contributed by atoms with Gasteiger partial charge in [0.2, 0.25) is 0 Å². The van der Waals surface area contributed by atoms with Crippen molar-refractivity contribution in [3.8, 4) is 11.5 Å². The van der Waals surface area contributed by atoms with E-state index in [2.05, 4.69) is 15.4 Å². The molecule has 0 spiro atoms. The lowest BCUT2D eigenvalue weighted by Gasteiger charge is -2.10. The summed E-state index contributed by atoms with van der Waals surface area (Å²) in [5.41, 5.74) is 1.80. The lowest BCUT2D eigenvalue weighted by Crippen LogP contribution is -2.37. The Morgan fingerprint density at radius 2 is 1.84 bits per heavy atom. The summed E-state index contributed by atoms with van der Waals surface area (Å²) < 4.78 is 34.1. The van der Waals surface area contributed by atoms with Crippen LogP contribution in [0.25, 0.3) is 0 Å². The first-order valence-electron chi connectivity index (χ1n) is 7.78. The van der Waals surface area contributed by atoms with Gasteiger partial charge >= 0.3 is 12.6 Å². The number of halogens is 2. The minimum Gasteiger partial charge on any atom is -0.492 e. The number of hydrogen-bond donors (Lipinski definition) is 2. The van der Waals surface area contributed by atoms with E-state index in [0.717, 1.165) is 11.3 Å². The highest BCUT2D eigenvalue weighted by Gasteiger charge is 2.05. The van der Waals surface area contributed by atoms with E-state index in [1.54, 1.807) is 12.1 Å². The van der Waals surface area contributed by atoms with Gasteiger partial charge in [-0.1, -0.05) is 29.8 Å². The molecule has 0 radical (unpaired) electrons. The summed E-state index contributed by atoms with van der Waals surface area (Å²) in [6, 6.07) is 13.4. The molecule has 2 aromatic rings. The average molecular weight is 350 g/mol. The highest BCUT2D eigenvalue weighted by Crippen LogP contribution is 2.15. The van der Waals surface area contributed by atoms with Crippen molar-refractivity contribution in [3.63, 3.8) is 0 Å². The van der Waals surface area contributed by atoms with Crippen molar-refractivity contribution in [1.82, 2.24) is 10.6 Å². The summed E-state index contributed by atoms with van der Waals surface area (Å²) in [6.07, 6.45) is 0. The van der Waals surface area contributed by atoms with Crippen LogP contribution >= 0.6 is 0 Å². The fourth-order valence-electron chi connectivity index (χ4n) is 2.04. The van der Waals surface area contributed by atoms with Crippen LogP contribution in [0.4, 0.5) is 13.6 Å². The normalized spacial score (nSPS) is 10.4. The number of aryl methyl sites for hydroxylation is 1. The highest BCUT2D eigenvalue weighted by molar-refractivity contribution is 5.73. The summed E-state index contributed by atoms with van der Waals surface area (Å²) in [6.45, 7) is -0.00144. The van der Waals surface area contributed by atoms with E-state index in [4.69, 9.17) is 4.74 Å². The first kappa shape index (κ1) is 18.5. The Kier molecular flexibility index (Phi) is 7.00. The molecule has 5 nitrogen and oxygen atoms in total. The van der Waals surface area contributed by atoms with E-state index in [0.29, 0.717) is 18.7 Å². The summed E-state index contributed by atoms with van der Waals surface area (Å²) in [5.74, 6) is 0.796. The third-order valence-corrected chi connectivity index (χ3v) is 3.25. The number of amides is 2. The molecule has 0 saturated heterocycles. The zero-order valence-corrected chi connectivity index (χ0v) is 13.8. The van der Waals surface area contributed by atoms with Gasteiger partial charge in [0.1, 0.15) is 18.1 Å². The lowest BCUT2D eigenvalue weighted by molar-refractivity contribution is -0.0498. The summed E-state index contributed by atoms with van der Waals surface area (Å²) >= 11 is 0. The number of carbonyl (C=O) groups is 1. The molecular weight excluding hydrogens is 330 g/mol. The number of carbonyl (C=O) groups excluding carboxylic acids is 1. The minimum atomic E-state index is -2.87. The van der Waals surface area contributed by atoms with E-state index in [1.165, 1.54) is 12.1 Å². The number of benzene rings is 2. The van der Waals surface area contributed by atoms with Crippen LogP contribution in [0.2, 0.25) is 0 Å². The number of rotatable bonds is 8. The number of alkyl halides is 2. The van der Waals surface area contributed by atoms with Crippen LogP contribution in [0.1, 0.15) is 11.1 Å². The van der Waals surface area contributed by atoms with Crippen LogP contribution in [0, 0.1) is 6.92 Å². The fraction of sp³-hybridized carbons (Fsp3) is 0.278. The van der Waals surface area contributed by atoms with Gasteiger partial charge in [-0.3, -0.25) is 0 Å². The van der Waals surface area contributed by atoms with E-state index >= 15 is 0 Å². The Hall–Kier alpha value is -2.83. The van der Waals surface area contributed by atoms with Gasteiger partial charge in [0.15, 0.2) is 0 Å². The number of urea groups is 1. The van der Waals surface area contributed by atoms with Crippen molar-refractivity contribution >= 4 is 6.03 Å². The second-order valence-electron chi connectivity index (χ2n) is 5.30. The molecule has 0 aromatic heterocycles.